The lowest BCUT2D eigenvalue weighted by Gasteiger charge is -2.20. The molecule has 0 amide bonds. The van der Waals surface area contributed by atoms with Crippen molar-refractivity contribution in [3.8, 4) is 0 Å². The molecule has 0 fully saturated rings. The molecule has 0 radical (unpaired) electrons. The van der Waals surface area contributed by atoms with Gasteiger partial charge in [0.2, 0.25) is 0 Å². The van der Waals surface area contributed by atoms with E-state index in [1.807, 2.05) is 38.1 Å². The molecule has 0 aliphatic carbocycles. The number of nitrogens with one attached hydrogen (secondary N) is 1. The highest BCUT2D eigenvalue weighted by Crippen LogP contribution is 2.22. The number of ether oxygens (including phenoxy) is 1. The van der Waals surface area contributed by atoms with E-state index in [0.717, 1.165) is 10.0 Å². The minimum Gasteiger partial charge on any atom is -0.372 e. The van der Waals surface area contributed by atoms with Crippen LogP contribution in [-0.2, 0) is 4.74 Å². The van der Waals surface area contributed by atoms with Crippen molar-refractivity contribution in [2.45, 2.75) is 38.4 Å². The minimum atomic E-state index is -4.26. The van der Waals surface area contributed by atoms with E-state index in [9.17, 15) is 13.2 Å². The quantitative estimate of drug-likeness (QED) is 0.683. The molecule has 0 saturated carbocycles. The molecule has 0 saturated heterocycles. The highest BCUT2D eigenvalue weighted by Gasteiger charge is 2.27. The molecule has 2 nitrogen and oxygen atoms in total. The highest BCUT2D eigenvalue weighted by molar-refractivity contribution is 9.10. The molecule has 1 N–H and O–H groups in total. The van der Waals surface area contributed by atoms with Gasteiger partial charge in [-0.15, -0.1) is 0 Å². The fourth-order valence-electron chi connectivity index (χ4n) is 1.91. The fourth-order valence-corrected chi connectivity index (χ4v) is 2.18. The SMILES string of the molecule is CC(C)NCC(CCOCC(F)(F)F)c1ccc(Br)cc1. The summed E-state index contributed by atoms with van der Waals surface area (Å²) in [6.45, 7) is 3.71. The molecule has 0 aliphatic rings. The van der Waals surface area contributed by atoms with E-state index in [0.29, 0.717) is 19.0 Å². The van der Waals surface area contributed by atoms with E-state index in [1.54, 1.807) is 0 Å². The Hall–Kier alpha value is -0.590. The minimum absolute atomic E-state index is 0.0972. The predicted molar refractivity (Wildman–Crippen MR) is 81.5 cm³/mol. The average molecular weight is 368 g/mol. The van der Waals surface area contributed by atoms with Gasteiger partial charge in [-0.2, -0.15) is 13.2 Å². The molecule has 0 heterocycles. The summed E-state index contributed by atoms with van der Waals surface area (Å²) in [4.78, 5) is 0. The molecule has 1 atom stereocenters. The van der Waals surface area contributed by atoms with Crippen molar-refractivity contribution in [1.82, 2.24) is 5.32 Å². The molecule has 0 aromatic heterocycles. The Balaban J connectivity index is 2.54. The van der Waals surface area contributed by atoms with Crippen molar-refractivity contribution in [3.63, 3.8) is 0 Å². The van der Waals surface area contributed by atoms with Crippen molar-refractivity contribution < 1.29 is 17.9 Å². The maximum Gasteiger partial charge on any atom is 0.411 e. The molecule has 1 unspecified atom stereocenters. The lowest BCUT2D eigenvalue weighted by Crippen LogP contribution is -2.29. The molecule has 0 bridgehead atoms. The Morgan fingerprint density at radius 3 is 2.33 bits per heavy atom. The number of rotatable bonds is 8. The van der Waals surface area contributed by atoms with Crippen LogP contribution in [-0.4, -0.2) is 32.0 Å². The Bertz CT molecular complexity index is 406. The smallest absolute Gasteiger partial charge is 0.372 e. The molecule has 21 heavy (non-hydrogen) atoms. The topological polar surface area (TPSA) is 21.3 Å². The predicted octanol–water partition coefficient (Wildman–Crippen LogP) is 4.50. The summed E-state index contributed by atoms with van der Waals surface area (Å²) >= 11 is 3.38. The number of hydrogen-bond donors (Lipinski definition) is 1. The van der Waals surface area contributed by atoms with E-state index in [1.165, 1.54) is 0 Å². The molecule has 0 spiro atoms. The lowest BCUT2D eigenvalue weighted by atomic mass is 9.96. The Labute approximate surface area is 132 Å². The van der Waals surface area contributed by atoms with E-state index in [4.69, 9.17) is 4.74 Å². The second kappa shape index (κ2) is 8.76. The fraction of sp³-hybridized carbons (Fsp3) is 0.600. The van der Waals surface area contributed by atoms with Gasteiger partial charge in [0, 0.05) is 23.7 Å². The largest absolute Gasteiger partial charge is 0.411 e. The molecular weight excluding hydrogens is 347 g/mol. The van der Waals surface area contributed by atoms with Crippen molar-refractivity contribution in [2.75, 3.05) is 19.8 Å². The maximum atomic E-state index is 12.1. The molecule has 6 heteroatoms. The molecule has 1 aromatic rings. The third-order valence-electron chi connectivity index (χ3n) is 2.99. The van der Waals surface area contributed by atoms with Crippen LogP contribution in [0.3, 0.4) is 0 Å². The van der Waals surface area contributed by atoms with Crippen LogP contribution in [0.1, 0.15) is 31.7 Å². The van der Waals surface area contributed by atoms with Gasteiger partial charge in [-0.3, -0.25) is 0 Å². The zero-order valence-corrected chi connectivity index (χ0v) is 13.8. The van der Waals surface area contributed by atoms with Gasteiger partial charge < -0.3 is 10.1 Å². The first-order valence-electron chi connectivity index (χ1n) is 6.91. The number of halogens is 4. The molecule has 1 rings (SSSR count). The lowest BCUT2D eigenvalue weighted by molar-refractivity contribution is -0.174. The third kappa shape index (κ3) is 8.44. The van der Waals surface area contributed by atoms with Crippen molar-refractivity contribution in [1.29, 1.82) is 0 Å². The first-order chi connectivity index (χ1) is 9.78. The number of alkyl halides is 3. The number of benzene rings is 1. The average Bonchev–Trinajstić information content (AvgIpc) is 2.38. The summed E-state index contributed by atoms with van der Waals surface area (Å²) in [5.74, 6) is 0.133. The molecule has 0 aliphatic heterocycles. The Kier molecular flexibility index (Phi) is 7.70. The van der Waals surface area contributed by atoms with Crippen LogP contribution in [0.15, 0.2) is 28.7 Å². The van der Waals surface area contributed by atoms with Gasteiger partial charge in [0.05, 0.1) is 0 Å². The Morgan fingerprint density at radius 2 is 1.81 bits per heavy atom. The van der Waals surface area contributed by atoms with Crippen LogP contribution in [0.4, 0.5) is 13.2 Å². The van der Waals surface area contributed by atoms with Crippen molar-refractivity contribution in [2.24, 2.45) is 0 Å². The van der Waals surface area contributed by atoms with Gasteiger partial charge in [0.25, 0.3) is 0 Å². The first-order valence-corrected chi connectivity index (χ1v) is 7.70. The second-order valence-electron chi connectivity index (χ2n) is 5.27. The van der Waals surface area contributed by atoms with E-state index >= 15 is 0 Å². The van der Waals surface area contributed by atoms with E-state index < -0.39 is 12.8 Å². The normalized spacial score (nSPS) is 13.7. The second-order valence-corrected chi connectivity index (χ2v) is 6.18. The first kappa shape index (κ1) is 18.5. The Morgan fingerprint density at radius 1 is 1.19 bits per heavy atom. The highest BCUT2D eigenvalue weighted by atomic mass is 79.9. The van der Waals surface area contributed by atoms with Crippen LogP contribution in [0.2, 0.25) is 0 Å². The summed E-state index contributed by atoms with van der Waals surface area (Å²) in [5.41, 5.74) is 1.10. The van der Waals surface area contributed by atoms with Gasteiger partial charge in [0.1, 0.15) is 6.61 Å². The molecule has 120 valence electrons. The maximum absolute atomic E-state index is 12.1. The van der Waals surface area contributed by atoms with Gasteiger partial charge in [0.15, 0.2) is 0 Å². The van der Waals surface area contributed by atoms with Gasteiger partial charge in [-0.1, -0.05) is 41.9 Å². The van der Waals surface area contributed by atoms with E-state index in [-0.39, 0.29) is 12.5 Å². The summed E-state index contributed by atoms with van der Waals surface area (Å²) < 4.78 is 41.9. The molecule has 1 aromatic carbocycles. The standard InChI is InChI=1S/C15H21BrF3NO/c1-11(2)20-9-13(7-8-21-10-15(17,18)19)12-3-5-14(16)6-4-12/h3-6,11,13,20H,7-10H2,1-2H3. The third-order valence-corrected chi connectivity index (χ3v) is 3.52. The van der Waals surface area contributed by atoms with Crippen molar-refractivity contribution >= 4 is 15.9 Å². The molecular formula is C15H21BrF3NO. The van der Waals surface area contributed by atoms with Crippen LogP contribution < -0.4 is 5.32 Å². The van der Waals surface area contributed by atoms with Gasteiger partial charge in [-0.25, -0.2) is 0 Å². The van der Waals surface area contributed by atoms with Crippen molar-refractivity contribution in [3.05, 3.63) is 34.3 Å². The van der Waals surface area contributed by atoms with Gasteiger partial charge in [-0.05, 0) is 30.0 Å². The summed E-state index contributed by atoms with van der Waals surface area (Å²) in [5, 5.41) is 3.33. The summed E-state index contributed by atoms with van der Waals surface area (Å²) in [6, 6.07) is 8.18. The monoisotopic (exact) mass is 367 g/mol. The summed E-state index contributed by atoms with van der Waals surface area (Å²) in [7, 11) is 0. The number of hydrogen-bond acceptors (Lipinski definition) is 2. The van der Waals surface area contributed by atoms with Crippen LogP contribution in [0.25, 0.3) is 0 Å². The van der Waals surface area contributed by atoms with Crippen LogP contribution >= 0.6 is 15.9 Å². The van der Waals surface area contributed by atoms with Crippen LogP contribution in [0, 0.1) is 0 Å². The summed E-state index contributed by atoms with van der Waals surface area (Å²) in [6.07, 6.45) is -3.71. The van der Waals surface area contributed by atoms with Crippen LogP contribution in [0.5, 0.6) is 0 Å². The van der Waals surface area contributed by atoms with E-state index in [2.05, 4.69) is 21.2 Å². The zero-order chi connectivity index (χ0) is 15.9. The van der Waals surface area contributed by atoms with Gasteiger partial charge >= 0.3 is 6.18 Å². The zero-order valence-electron chi connectivity index (χ0n) is 12.2.